The Balaban J connectivity index is 1.95. The van der Waals surface area contributed by atoms with E-state index in [4.69, 9.17) is 4.74 Å². The molecule has 0 radical (unpaired) electrons. The van der Waals surface area contributed by atoms with Crippen LogP contribution in [0.15, 0.2) is 65.9 Å². The van der Waals surface area contributed by atoms with E-state index in [0.29, 0.717) is 11.2 Å². The number of methoxy groups -OCH3 is 1. The summed E-state index contributed by atoms with van der Waals surface area (Å²) in [6, 6.07) is 17.7. The van der Waals surface area contributed by atoms with Gasteiger partial charge in [-0.15, -0.1) is 4.99 Å². The Morgan fingerprint density at radius 1 is 1.03 bits per heavy atom. The lowest BCUT2D eigenvalue weighted by molar-refractivity contribution is 0.181. The van der Waals surface area contributed by atoms with Crippen LogP contribution in [-0.4, -0.2) is 32.3 Å². The number of rotatable bonds is 2. The summed E-state index contributed by atoms with van der Waals surface area (Å²) in [5.41, 5.74) is 7.84. The van der Waals surface area contributed by atoms with E-state index in [9.17, 15) is 10.1 Å². The summed E-state index contributed by atoms with van der Waals surface area (Å²) in [4.78, 5) is 25.6. The number of carbonyl (C=O) groups is 1. The monoisotopic (exact) mass is 462 g/mol. The van der Waals surface area contributed by atoms with Gasteiger partial charge in [0.05, 0.1) is 47.2 Å². The quantitative estimate of drug-likeness (QED) is 0.378. The first kappa shape index (κ1) is 22.0. The van der Waals surface area contributed by atoms with Crippen molar-refractivity contribution in [2.75, 3.05) is 7.11 Å². The van der Waals surface area contributed by atoms with E-state index in [1.807, 2.05) is 62.0 Å². The van der Waals surface area contributed by atoms with Crippen LogP contribution >= 0.6 is 0 Å². The van der Waals surface area contributed by atoms with Crippen LogP contribution in [0.25, 0.3) is 38.8 Å². The molecule has 0 saturated heterocycles. The van der Waals surface area contributed by atoms with Crippen molar-refractivity contribution in [1.82, 2.24) is 19.1 Å². The van der Waals surface area contributed by atoms with Crippen LogP contribution in [0.1, 0.15) is 16.8 Å². The molecule has 0 spiro atoms. The molecule has 0 bridgehead atoms. The van der Waals surface area contributed by atoms with E-state index >= 15 is 0 Å². The second-order valence-corrected chi connectivity index (χ2v) is 8.30. The lowest BCUT2D eigenvalue weighted by Crippen LogP contribution is -2.25. The van der Waals surface area contributed by atoms with Gasteiger partial charge < -0.3 is 9.30 Å². The van der Waals surface area contributed by atoms with Gasteiger partial charge in [-0.05, 0) is 55.3 Å². The van der Waals surface area contributed by atoms with Gasteiger partial charge in [0.2, 0.25) is 5.62 Å². The number of nitriles is 1. The second kappa shape index (κ2) is 8.54. The molecule has 0 fully saturated rings. The molecular formula is C27H22N6O2. The third-order valence-electron chi connectivity index (χ3n) is 6.09. The number of carbonyl (C=O) groups excluding carboxylic acids is 1. The van der Waals surface area contributed by atoms with Crippen molar-refractivity contribution in [3.05, 3.63) is 83.4 Å². The molecule has 2 aromatic carbocycles. The van der Waals surface area contributed by atoms with Gasteiger partial charge in [0.25, 0.3) is 0 Å². The molecular weight excluding hydrogens is 440 g/mol. The summed E-state index contributed by atoms with van der Waals surface area (Å²) < 4.78 is 8.53. The van der Waals surface area contributed by atoms with Crippen molar-refractivity contribution in [3.8, 4) is 22.9 Å². The molecule has 0 aliphatic heterocycles. The van der Waals surface area contributed by atoms with E-state index in [1.165, 1.54) is 7.11 Å². The SMILES string of the molecule is COC(=O)N=c1n(C)c2cnc3ccc(-c4ccc(C)nc4)cc3c2n1-c1cc(C#N)ccc1C. The first-order valence-corrected chi connectivity index (χ1v) is 11.0. The number of benzene rings is 2. The summed E-state index contributed by atoms with van der Waals surface area (Å²) in [7, 11) is 3.12. The molecule has 0 aliphatic carbocycles. The maximum absolute atomic E-state index is 12.2. The highest BCUT2D eigenvalue weighted by Gasteiger charge is 2.18. The molecule has 35 heavy (non-hydrogen) atoms. The Bertz CT molecular complexity index is 1740. The number of nitrogens with zero attached hydrogens (tertiary/aromatic N) is 6. The van der Waals surface area contributed by atoms with Crippen LogP contribution < -0.4 is 5.62 Å². The van der Waals surface area contributed by atoms with Gasteiger partial charge in [0.15, 0.2) is 0 Å². The normalized spacial score (nSPS) is 11.7. The number of hydrogen-bond donors (Lipinski definition) is 0. The lowest BCUT2D eigenvalue weighted by Gasteiger charge is -2.11. The van der Waals surface area contributed by atoms with Gasteiger partial charge in [-0.2, -0.15) is 5.26 Å². The van der Waals surface area contributed by atoms with Gasteiger partial charge in [-0.1, -0.05) is 18.2 Å². The number of aryl methyl sites for hydroxylation is 3. The van der Waals surface area contributed by atoms with Crippen LogP contribution in [0.5, 0.6) is 0 Å². The number of ether oxygens (including phenoxy) is 1. The fourth-order valence-corrected chi connectivity index (χ4v) is 4.22. The number of imidazole rings is 1. The number of pyridine rings is 2. The van der Waals surface area contributed by atoms with Crippen LogP contribution in [0.3, 0.4) is 0 Å². The predicted octanol–water partition coefficient (Wildman–Crippen LogP) is 4.73. The topological polar surface area (TPSA) is 98.1 Å². The lowest BCUT2D eigenvalue weighted by atomic mass is 10.0. The Kier molecular flexibility index (Phi) is 5.38. The van der Waals surface area contributed by atoms with Gasteiger partial charge in [-0.25, -0.2) is 4.79 Å². The van der Waals surface area contributed by atoms with Crippen molar-refractivity contribution >= 4 is 28.0 Å². The van der Waals surface area contributed by atoms with E-state index in [1.54, 1.807) is 22.9 Å². The summed E-state index contributed by atoms with van der Waals surface area (Å²) >= 11 is 0. The molecule has 5 aromatic rings. The third kappa shape index (κ3) is 3.73. The minimum Gasteiger partial charge on any atom is -0.451 e. The van der Waals surface area contributed by atoms with E-state index in [2.05, 4.69) is 27.1 Å². The zero-order chi connectivity index (χ0) is 24.7. The first-order valence-electron chi connectivity index (χ1n) is 11.0. The molecule has 5 rings (SSSR count). The van der Waals surface area contributed by atoms with Crippen molar-refractivity contribution in [2.45, 2.75) is 13.8 Å². The number of amides is 1. The molecule has 0 aliphatic rings. The van der Waals surface area contributed by atoms with E-state index in [-0.39, 0.29) is 0 Å². The van der Waals surface area contributed by atoms with E-state index in [0.717, 1.165) is 50.0 Å². The molecule has 0 unspecified atom stereocenters. The fourth-order valence-electron chi connectivity index (χ4n) is 4.22. The maximum atomic E-state index is 12.2. The largest absolute Gasteiger partial charge is 0.451 e. The highest BCUT2D eigenvalue weighted by atomic mass is 16.5. The molecule has 3 heterocycles. The van der Waals surface area contributed by atoms with Gasteiger partial charge in [-0.3, -0.25) is 14.5 Å². The number of aromatic nitrogens is 4. The summed E-state index contributed by atoms with van der Waals surface area (Å²) in [6.07, 6.45) is 2.89. The molecule has 0 atom stereocenters. The molecule has 8 heteroatoms. The molecule has 8 nitrogen and oxygen atoms in total. The molecule has 1 amide bonds. The Hall–Kier alpha value is -4.77. The Morgan fingerprint density at radius 3 is 2.54 bits per heavy atom. The van der Waals surface area contributed by atoms with Crippen LogP contribution in [-0.2, 0) is 11.8 Å². The van der Waals surface area contributed by atoms with Crippen LogP contribution in [0.4, 0.5) is 4.79 Å². The first-order chi connectivity index (χ1) is 16.9. The number of hydrogen-bond acceptors (Lipinski definition) is 5. The average molecular weight is 463 g/mol. The zero-order valence-electron chi connectivity index (χ0n) is 19.8. The van der Waals surface area contributed by atoms with Crippen LogP contribution in [0.2, 0.25) is 0 Å². The number of fused-ring (bicyclic) bond motifs is 3. The molecule has 0 N–H and O–H groups in total. The minimum atomic E-state index is -0.720. The highest BCUT2D eigenvalue weighted by Crippen LogP contribution is 2.30. The summed E-state index contributed by atoms with van der Waals surface area (Å²) in [6.45, 7) is 3.91. The van der Waals surface area contributed by atoms with Crippen molar-refractivity contribution in [3.63, 3.8) is 0 Å². The standard InChI is InChI=1S/C27H22N6O2/c1-16-5-7-18(13-28)11-23(16)33-25-21-12-19(20-8-6-17(2)29-14-20)9-10-22(21)30-15-24(25)32(3)26(33)31-27(34)35-4/h5-12,14-15H,1-4H3. The fraction of sp³-hybridized carbons (Fsp3) is 0.148. The minimum absolute atomic E-state index is 0.363. The highest BCUT2D eigenvalue weighted by molar-refractivity contribution is 6.04. The molecule has 172 valence electrons. The van der Waals surface area contributed by atoms with Crippen molar-refractivity contribution in [1.29, 1.82) is 5.26 Å². The Morgan fingerprint density at radius 2 is 1.83 bits per heavy atom. The van der Waals surface area contributed by atoms with Gasteiger partial charge >= 0.3 is 6.09 Å². The summed E-state index contributed by atoms with van der Waals surface area (Å²) in [5, 5.41) is 10.4. The Labute approximate surface area is 201 Å². The maximum Gasteiger partial charge on any atom is 0.436 e. The van der Waals surface area contributed by atoms with Gasteiger partial charge in [0, 0.05) is 29.9 Å². The smallest absolute Gasteiger partial charge is 0.436 e. The van der Waals surface area contributed by atoms with Crippen molar-refractivity contribution in [2.24, 2.45) is 12.0 Å². The van der Waals surface area contributed by atoms with Crippen molar-refractivity contribution < 1.29 is 9.53 Å². The van der Waals surface area contributed by atoms with Crippen LogP contribution in [0, 0.1) is 25.2 Å². The van der Waals surface area contributed by atoms with Gasteiger partial charge in [0.1, 0.15) is 0 Å². The second-order valence-electron chi connectivity index (χ2n) is 8.30. The van der Waals surface area contributed by atoms with E-state index < -0.39 is 6.09 Å². The average Bonchev–Trinajstić information content (AvgIpc) is 3.15. The summed E-state index contributed by atoms with van der Waals surface area (Å²) in [5.74, 6) is 0. The molecule has 0 saturated carbocycles. The predicted molar refractivity (Wildman–Crippen MR) is 133 cm³/mol. The zero-order valence-corrected chi connectivity index (χ0v) is 19.8. The molecule has 3 aromatic heterocycles. The third-order valence-corrected chi connectivity index (χ3v) is 6.09.